The quantitative estimate of drug-likeness (QED) is 0.705. The molecule has 4 fully saturated rings. The van der Waals surface area contributed by atoms with Gasteiger partial charge in [0.2, 0.25) is 0 Å². The average Bonchev–Trinajstić information content (AvgIpc) is 2.29. The van der Waals surface area contributed by atoms with Crippen LogP contribution in [0.25, 0.3) is 0 Å². The van der Waals surface area contributed by atoms with Crippen molar-refractivity contribution in [3.8, 4) is 0 Å². The van der Waals surface area contributed by atoms with Gasteiger partial charge in [0, 0.05) is 18.6 Å². The lowest BCUT2D eigenvalue weighted by Crippen LogP contribution is -2.68. The number of nitrogens with zero attached hydrogens (tertiary/aromatic N) is 2. The molecule has 1 aliphatic heterocycles. The number of morpholine rings is 1. The van der Waals surface area contributed by atoms with E-state index in [4.69, 9.17) is 10.3 Å². The van der Waals surface area contributed by atoms with Gasteiger partial charge in [0.05, 0.1) is 18.8 Å². The summed E-state index contributed by atoms with van der Waals surface area (Å²) in [5, 5.41) is 3.88. The lowest BCUT2D eigenvalue weighted by atomic mass is 9.54. The fourth-order valence-electron chi connectivity index (χ4n) is 3.83. The Kier molecular flexibility index (Phi) is 2.11. The molecule has 0 spiro atoms. The van der Waals surface area contributed by atoms with Gasteiger partial charge in [-0.2, -0.15) is 5.11 Å². The highest BCUT2D eigenvalue weighted by atomic mass is 16.5. The minimum atomic E-state index is 0.0382. The topological polar surface area (TPSA) is 48.7 Å². The smallest absolute Gasteiger partial charge is 0.0848 e. The summed E-state index contributed by atoms with van der Waals surface area (Å²) in [6.45, 7) is 3.92. The van der Waals surface area contributed by atoms with E-state index in [-0.39, 0.29) is 5.54 Å². The maximum Gasteiger partial charge on any atom is 0.0848 e. The monoisotopic (exact) mass is 209 g/mol. The Morgan fingerprint density at radius 1 is 1.13 bits per heavy atom. The summed E-state index contributed by atoms with van der Waals surface area (Å²) >= 11 is 0. The van der Waals surface area contributed by atoms with Crippen LogP contribution in [0.2, 0.25) is 0 Å². The number of fused-ring (bicyclic) bond motifs is 2. The van der Waals surface area contributed by atoms with Crippen molar-refractivity contribution in [2.24, 2.45) is 5.11 Å². The van der Waals surface area contributed by atoms with E-state index in [0.717, 1.165) is 45.6 Å². The van der Waals surface area contributed by atoms with Crippen molar-refractivity contribution >= 4 is 0 Å². The molecule has 3 aliphatic carbocycles. The zero-order chi connectivity index (χ0) is 10.4. The molecule has 1 heterocycles. The number of nitrogens with one attached hydrogen (secondary N) is 1. The van der Waals surface area contributed by atoms with E-state index in [9.17, 15) is 0 Å². The molecule has 0 aromatic heterocycles. The summed E-state index contributed by atoms with van der Waals surface area (Å²) in [4.78, 5) is 2.60. The van der Waals surface area contributed by atoms with Crippen LogP contribution in [0.3, 0.4) is 0 Å². The van der Waals surface area contributed by atoms with Gasteiger partial charge in [0.15, 0.2) is 0 Å². The zero-order valence-electron chi connectivity index (χ0n) is 9.17. The Labute approximate surface area is 90.5 Å². The lowest BCUT2D eigenvalue weighted by Gasteiger charge is -2.62. The molecule has 2 bridgehead atoms. The predicted octanol–water partition coefficient (Wildman–Crippen LogP) is 1.80. The molecule has 0 amide bonds. The van der Waals surface area contributed by atoms with Gasteiger partial charge in [-0.3, -0.25) is 4.90 Å². The third-order valence-corrected chi connectivity index (χ3v) is 4.52. The third-order valence-electron chi connectivity index (χ3n) is 4.52. The summed E-state index contributed by atoms with van der Waals surface area (Å²) in [6, 6.07) is 0. The Balaban J connectivity index is 1.73. The van der Waals surface area contributed by atoms with E-state index in [2.05, 4.69) is 10.0 Å². The van der Waals surface area contributed by atoms with Crippen LogP contribution in [-0.2, 0) is 4.74 Å². The molecule has 1 saturated heterocycles. The van der Waals surface area contributed by atoms with Gasteiger partial charge in [0.1, 0.15) is 0 Å². The molecule has 0 radical (unpaired) electrons. The van der Waals surface area contributed by atoms with Crippen LogP contribution in [0, 0.1) is 5.53 Å². The molecule has 3 saturated carbocycles. The second-order valence-corrected chi connectivity index (χ2v) is 5.37. The first-order valence-corrected chi connectivity index (χ1v) is 6.00. The van der Waals surface area contributed by atoms with Gasteiger partial charge < -0.3 is 4.74 Å². The Hall–Kier alpha value is -0.480. The molecular formula is C11H19N3O. The van der Waals surface area contributed by atoms with Crippen molar-refractivity contribution in [2.75, 3.05) is 26.3 Å². The molecule has 4 aliphatic rings. The fraction of sp³-hybridized carbons (Fsp3) is 1.00. The summed E-state index contributed by atoms with van der Waals surface area (Å²) in [6.07, 6.45) is 5.96. The van der Waals surface area contributed by atoms with Crippen LogP contribution < -0.4 is 0 Å². The van der Waals surface area contributed by atoms with Gasteiger partial charge in [-0.15, -0.1) is 0 Å². The first kappa shape index (κ1) is 9.73. The Morgan fingerprint density at radius 2 is 1.87 bits per heavy atom. The molecule has 0 aromatic rings. The van der Waals surface area contributed by atoms with Crippen molar-refractivity contribution in [3.63, 3.8) is 0 Å². The SMILES string of the molecule is N=NC12CCCC(N3CCOCC3)(C1)C2. The average molecular weight is 209 g/mol. The number of ether oxygens (including phenoxy) is 1. The molecule has 84 valence electrons. The Morgan fingerprint density at radius 3 is 2.53 bits per heavy atom. The highest BCUT2D eigenvalue weighted by Gasteiger charge is 2.60. The molecule has 1 N–H and O–H groups in total. The van der Waals surface area contributed by atoms with Crippen molar-refractivity contribution in [1.82, 2.24) is 4.90 Å². The summed E-state index contributed by atoms with van der Waals surface area (Å²) in [7, 11) is 0. The zero-order valence-corrected chi connectivity index (χ0v) is 9.17. The molecule has 4 nitrogen and oxygen atoms in total. The van der Waals surface area contributed by atoms with Crippen molar-refractivity contribution in [1.29, 1.82) is 5.53 Å². The van der Waals surface area contributed by atoms with Crippen LogP contribution in [0.4, 0.5) is 0 Å². The lowest BCUT2D eigenvalue weighted by molar-refractivity contribution is -0.115. The van der Waals surface area contributed by atoms with E-state index < -0.39 is 0 Å². The van der Waals surface area contributed by atoms with Gasteiger partial charge in [0.25, 0.3) is 0 Å². The summed E-state index contributed by atoms with van der Waals surface area (Å²) < 4.78 is 5.40. The maximum atomic E-state index is 7.31. The van der Waals surface area contributed by atoms with Crippen molar-refractivity contribution < 1.29 is 4.74 Å². The first-order valence-electron chi connectivity index (χ1n) is 6.00. The van der Waals surface area contributed by atoms with Crippen LogP contribution in [0.1, 0.15) is 32.1 Å². The highest BCUT2D eigenvalue weighted by molar-refractivity contribution is 5.17. The molecule has 15 heavy (non-hydrogen) atoms. The van der Waals surface area contributed by atoms with Gasteiger partial charge in [-0.1, -0.05) is 0 Å². The molecule has 0 unspecified atom stereocenters. The van der Waals surface area contributed by atoms with E-state index in [1.54, 1.807) is 0 Å². The normalized spacial score (nSPS) is 45.9. The van der Waals surface area contributed by atoms with E-state index >= 15 is 0 Å². The number of rotatable bonds is 2. The van der Waals surface area contributed by atoms with Crippen LogP contribution in [-0.4, -0.2) is 42.3 Å². The van der Waals surface area contributed by atoms with E-state index in [1.807, 2.05) is 0 Å². The number of hydrogen-bond acceptors (Lipinski definition) is 4. The van der Waals surface area contributed by atoms with Gasteiger partial charge in [-0.05, 0) is 32.1 Å². The van der Waals surface area contributed by atoms with Gasteiger partial charge in [-0.25, -0.2) is 5.53 Å². The molecule has 4 rings (SSSR count). The first-order chi connectivity index (χ1) is 7.29. The van der Waals surface area contributed by atoms with E-state index in [0.29, 0.717) is 5.54 Å². The fourth-order valence-corrected chi connectivity index (χ4v) is 3.83. The number of hydrogen-bond donors (Lipinski definition) is 1. The predicted molar refractivity (Wildman–Crippen MR) is 56.1 cm³/mol. The molecule has 0 aromatic carbocycles. The van der Waals surface area contributed by atoms with Crippen molar-refractivity contribution in [3.05, 3.63) is 0 Å². The van der Waals surface area contributed by atoms with Crippen LogP contribution in [0.15, 0.2) is 5.11 Å². The van der Waals surface area contributed by atoms with Crippen molar-refractivity contribution in [2.45, 2.75) is 43.2 Å². The molecular weight excluding hydrogens is 190 g/mol. The summed E-state index contributed by atoms with van der Waals surface area (Å²) in [5.74, 6) is 0. The summed E-state index contributed by atoms with van der Waals surface area (Å²) in [5.41, 5.74) is 7.75. The molecule has 0 atom stereocenters. The minimum Gasteiger partial charge on any atom is -0.379 e. The highest BCUT2D eigenvalue weighted by Crippen LogP contribution is 2.57. The second kappa shape index (κ2) is 3.25. The third kappa shape index (κ3) is 1.35. The second-order valence-electron chi connectivity index (χ2n) is 5.37. The maximum absolute atomic E-state index is 7.31. The van der Waals surface area contributed by atoms with Gasteiger partial charge >= 0.3 is 0 Å². The largest absolute Gasteiger partial charge is 0.379 e. The molecule has 4 heteroatoms. The van der Waals surface area contributed by atoms with Crippen LogP contribution >= 0.6 is 0 Å². The van der Waals surface area contributed by atoms with Crippen LogP contribution in [0.5, 0.6) is 0 Å². The minimum absolute atomic E-state index is 0.0382. The standard InChI is InChI=1S/C11H19N3O/c12-13-10-2-1-3-11(8-10,9-10)14-4-6-15-7-5-14/h12H,1-9H2. The van der Waals surface area contributed by atoms with E-state index in [1.165, 1.54) is 12.8 Å². The Bertz CT molecular complexity index is 267.